The van der Waals surface area contributed by atoms with Crippen molar-refractivity contribution in [3.05, 3.63) is 76.5 Å². The van der Waals surface area contributed by atoms with Gasteiger partial charge in [0.2, 0.25) is 0 Å². The molecule has 2 amide bonds. The normalized spacial score (nSPS) is 10.3. The Bertz CT molecular complexity index is 923. The van der Waals surface area contributed by atoms with Gasteiger partial charge in [-0.1, -0.05) is 37.3 Å². The van der Waals surface area contributed by atoms with Gasteiger partial charge in [0.1, 0.15) is 5.75 Å². The summed E-state index contributed by atoms with van der Waals surface area (Å²) in [7, 11) is 0. The SMILES string of the molecule is CCc1ccccc1OCC(=O)Nc1cccc(NC(=O)c2cccs2)c1. The molecular weight excluding hydrogens is 360 g/mol. The van der Waals surface area contributed by atoms with Crippen LogP contribution in [0.1, 0.15) is 22.2 Å². The van der Waals surface area contributed by atoms with Gasteiger partial charge in [0.15, 0.2) is 6.61 Å². The number of anilines is 2. The molecule has 0 aliphatic rings. The molecule has 27 heavy (non-hydrogen) atoms. The van der Waals surface area contributed by atoms with E-state index in [1.807, 2.05) is 42.6 Å². The van der Waals surface area contributed by atoms with Gasteiger partial charge in [-0.15, -0.1) is 11.3 Å². The standard InChI is InChI=1S/C21H20N2O3S/c1-2-15-7-3-4-10-18(15)26-14-20(24)22-16-8-5-9-17(13-16)23-21(25)19-11-6-12-27-19/h3-13H,2,14H2,1H3,(H,22,24)(H,23,25). The van der Waals surface area contributed by atoms with Crippen LogP contribution in [0.5, 0.6) is 5.75 Å². The molecule has 0 radical (unpaired) electrons. The molecule has 0 atom stereocenters. The lowest BCUT2D eigenvalue weighted by atomic mass is 10.1. The number of para-hydroxylation sites is 1. The number of rotatable bonds is 7. The van der Waals surface area contributed by atoms with Gasteiger partial charge in [-0.3, -0.25) is 9.59 Å². The van der Waals surface area contributed by atoms with Crippen LogP contribution >= 0.6 is 11.3 Å². The molecule has 1 heterocycles. The summed E-state index contributed by atoms with van der Waals surface area (Å²) in [4.78, 5) is 24.9. The number of carbonyl (C=O) groups is 2. The second-order valence-electron chi connectivity index (χ2n) is 5.81. The monoisotopic (exact) mass is 380 g/mol. The maximum absolute atomic E-state index is 12.2. The lowest BCUT2D eigenvalue weighted by molar-refractivity contribution is -0.118. The fourth-order valence-electron chi connectivity index (χ4n) is 2.55. The second-order valence-corrected chi connectivity index (χ2v) is 6.76. The minimum atomic E-state index is -0.261. The summed E-state index contributed by atoms with van der Waals surface area (Å²) in [5, 5.41) is 7.45. The summed E-state index contributed by atoms with van der Waals surface area (Å²) >= 11 is 1.37. The van der Waals surface area contributed by atoms with Crippen LogP contribution in [0.25, 0.3) is 0 Å². The number of benzene rings is 2. The maximum atomic E-state index is 12.2. The summed E-state index contributed by atoms with van der Waals surface area (Å²) in [6, 6.07) is 18.3. The van der Waals surface area contributed by atoms with Crippen molar-refractivity contribution in [3.63, 3.8) is 0 Å². The van der Waals surface area contributed by atoms with Gasteiger partial charge in [-0.25, -0.2) is 0 Å². The van der Waals surface area contributed by atoms with Crippen LogP contribution in [0.3, 0.4) is 0 Å². The fraction of sp³-hybridized carbons (Fsp3) is 0.143. The van der Waals surface area contributed by atoms with Crippen molar-refractivity contribution in [3.8, 4) is 5.75 Å². The van der Waals surface area contributed by atoms with Crippen LogP contribution in [0.2, 0.25) is 0 Å². The van der Waals surface area contributed by atoms with Crippen LogP contribution in [-0.2, 0) is 11.2 Å². The molecule has 0 bridgehead atoms. The Kier molecular flexibility index (Phi) is 6.22. The van der Waals surface area contributed by atoms with E-state index < -0.39 is 0 Å². The van der Waals surface area contributed by atoms with E-state index in [1.54, 1.807) is 30.3 Å². The predicted octanol–water partition coefficient (Wildman–Crippen LogP) is 4.58. The zero-order valence-electron chi connectivity index (χ0n) is 14.9. The first-order valence-corrected chi connectivity index (χ1v) is 9.49. The van der Waals surface area contributed by atoms with Crippen molar-refractivity contribution in [2.45, 2.75) is 13.3 Å². The number of carbonyl (C=O) groups excluding carboxylic acids is 2. The molecule has 0 saturated heterocycles. The lowest BCUT2D eigenvalue weighted by Crippen LogP contribution is -2.20. The Labute approximate surface area is 162 Å². The van der Waals surface area contributed by atoms with Crippen LogP contribution in [0.4, 0.5) is 11.4 Å². The van der Waals surface area contributed by atoms with Crippen molar-refractivity contribution in [1.82, 2.24) is 0 Å². The molecule has 3 aromatic rings. The molecular formula is C21H20N2O3S. The molecule has 5 nitrogen and oxygen atoms in total. The van der Waals surface area contributed by atoms with E-state index in [9.17, 15) is 9.59 Å². The third-order valence-corrected chi connectivity index (χ3v) is 4.73. The summed E-state index contributed by atoms with van der Waals surface area (Å²) in [6.07, 6.45) is 0.837. The second kappa shape index (κ2) is 9.00. The Morgan fingerprint density at radius 1 is 0.963 bits per heavy atom. The molecule has 6 heteroatoms. The minimum absolute atomic E-state index is 0.0806. The first kappa shape index (κ1) is 18.7. The summed E-state index contributed by atoms with van der Waals surface area (Å²) in [5.74, 6) is 0.280. The number of hydrogen-bond donors (Lipinski definition) is 2. The molecule has 0 saturated carbocycles. The highest BCUT2D eigenvalue weighted by atomic mass is 32.1. The van der Waals surface area contributed by atoms with E-state index in [-0.39, 0.29) is 18.4 Å². The molecule has 138 valence electrons. The van der Waals surface area contributed by atoms with Crippen molar-refractivity contribution in [1.29, 1.82) is 0 Å². The highest BCUT2D eigenvalue weighted by molar-refractivity contribution is 7.12. The topological polar surface area (TPSA) is 67.4 Å². The van der Waals surface area contributed by atoms with E-state index in [4.69, 9.17) is 4.74 Å². The third kappa shape index (κ3) is 5.18. The number of ether oxygens (including phenoxy) is 1. The van der Waals surface area contributed by atoms with E-state index in [0.29, 0.717) is 22.0 Å². The molecule has 0 fully saturated rings. The van der Waals surface area contributed by atoms with Gasteiger partial charge in [0, 0.05) is 11.4 Å². The molecule has 0 aliphatic heterocycles. The van der Waals surface area contributed by atoms with Crippen LogP contribution < -0.4 is 15.4 Å². The minimum Gasteiger partial charge on any atom is -0.483 e. The lowest BCUT2D eigenvalue weighted by Gasteiger charge is -2.11. The Balaban J connectivity index is 1.57. The Morgan fingerprint density at radius 2 is 1.74 bits per heavy atom. The van der Waals surface area contributed by atoms with Crippen LogP contribution in [0, 0.1) is 0 Å². The average molecular weight is 380 g/mol. The average Bonchev–Trinajstić information content (AvgIpc) is 3.22. The number of nitrogens with one attached hydrogen (secondary N) is 2. The quantitative estimate of drug-likeness (QED) is 0.630. The van der Waals surface area contributed by atoms with E-state index in [0.717, 1.165) is 12.0 Å². The molecule has 0 spiro atoms. The Hall–Kier alpha value is -3.12. The van der Waals surface area contributed by atoms with Gasteiger partial charge >= 0.3 is 0 Å². The van der Waals surface area contributed by atoms with Crippen molar-refractivity contribution >= 4 is 34.5 Å². The van der Waals surface area contributed by atoms with Crippen molar-refractivity contribution in [2.75, 3.05) is 17.2 Å². The zero-order valence-corrected chi connectivity index (χ0v) is 15.7. The summed E-state index contributed by atoms with van der Waals surface area (Å²) in [6.45, 7) is 1.96. The van der Waals surface area contributed by atoms with Gasteiger partial charge in [-0.05, 0) is 47.7 Å². The highest BCUT2D eigenvalue weighted by Gasteiger charge is 2.09. The van der Waals surface area contributed by atoms with Crippen molar-refractivity contribution in [2.24, 2.45) is 0 Å². The summed E-state index contributed by atoms with van der Waals surface area (Å²) in [5.41, 5.74) is 2.27. The number of hydrogen-bond acceptors (Lipinski definition) is 4. The van der Waals surface area contributed by atoms with Crippen LogP contribution in [-0.4, -0.2) is 18.4 Å². The molecule has 2 N–H and O–H groups in total. The van der Waals surface area contributed by atoms with Gasteiger partial charge < -0.3 is 15.4 Å². The van der Waals surface area contributed by atoms with Gasteiger partial charge in [-0.2, -0.15) is 0 Å². The Morgan fingerprint density at radius 3 is 2.48 bits per heavy atom. The smallest absolute Gasteiger partial charge is 0.265 e. The van der Waals surface area contributed by atoms with E-state index in [2.05, 4.69) is 10.6 Å². The molecule has 1 aromatic heterocycles. The maximum Gasteiger partial charge on any atom is 0.265 e. The zero-order chi connectivity index (χ0) is 19.1. The third-order valence-electron chi connectivity index (χ3n) is 3.86. The molecule has 3 rings (SSSR count). The first-order chi connectivity index (χ1) is 13.2. The van der Waals surface area contributed by atoms with E-state index in [1.165, 1.54) is 11.3 Å². The number of aryl methyl sites for hydroxylation is 1. The van der Waals surface area contributed by atoms with Crippen LogP contribution in [0.15, 0.2) is 66.0 Å². The fourth-order valence-corrected chi connectivity index (χ4v) is 3.17. The largest absolute Gasteiger partial charge is 0.483 e. The predicted molar refractivity (Wildman–Crippen MR) is 109 cm³/mol. The number of thiophene rings is 1. The van der Waals surface area contributed by atoms with E-state index >= 15 is 0 Å². The first-order valence-electron chi connectivity index (χ1n) is 8.61. The highest BCUT2D eigenvalue weighted by Crippen LogP contribution is 2.19. The number of amides is 2. The van der Waals surface area contributed by atoms with Gasteiger partial charge in [0.05, 0.1) is 4.88 Å². The summed E-state index contributed by atoms with van der Waals surface area (Å²) < 4.78 is 5.63. The molecule has 0 aliphatic carbocycles. The molecule has 2 aromatic carbocycles. The van der Waals surface area contributed by atoms with Crippen molar-refractivity contribution < 1.29 is 14.3 Å². The molecule has 0 unspecified atom stereocenters. The van der Waals surface area contributed by atoms with Gasteiger partial charge in [0.25, 0.3) is 11.8 Å².